The molecule has 0 spiro atoms. The smallest absolute Gasteiger partial charge is 0.237 e. The predicted octanol–water partition coefficient (Wildman–Crippen LogP) is 0.813. The summed E-state index contributed by atoms with van der Waals surface area (Å²) in [5, 5.41) is 6.16. The Balaban J connectivity index is 1.87. The Morgan fingerprint density at radius 2 is 2.11 bits per heavy atom. The molecule has 0 amide bonds. The molecule has 7 nitrogen and oxygen atoms in total. The summed E-state index contributed by atoms with van der Waals surface area (Å²) < 4.78 is 31.1. The molecule has 2 rings (SSSR count). The van der Waals surface area contributed by atoms with E-state index >= 15 is 0 Å². The van der Waals surface area contributed by atoms with Gasteiger partial charge in [-0.15, -0.1) is 0 Å². The summed E-state index contributed by atoms with van der Waals surface area (Å²) in [6.45, 7) is 0.0116. The second kappa shape index (κ2) is 5.61. The molecule has 0 unspecified atom stereocenters. The minimum atomic E-state index is -3.47. The number of para-hydroxylation sites is 2. The first-order valence-corrected chi connectivity index (χ1v) is 7.19. The van der Waals surface area contributed by atoms with Crippen molar-refractivity contribution in [1.29, 1.82) is 0 Å². The lowest BCUT2D eigenvalue weighted by atomic mass is 10.3. The fourth-order valence-corrected chi connectivity index (χ4v) is 2.26. The summed E-state index contributed by atoms with van der Waals surface area (Å²) in [5.41, 5.74) is 6.15. The third-order valence-electron chi connectivity index (χ3n) is 2.29. The van der Waals surface area contributed by atoms with Crippen molar-refractivity contribution in [3.63, 3.8) is 0 Å². The lowest BCUT2D eigenvalue weighted by Gasteiger charge is -2.09. The Labute approximate surface area is 110 Å². The number of rotatable bonds is 6. The third kappa shape index (κ3) is 3.88. The first kappa shape index (κ1) is 13.2. The van der Waals surface area contributed by atoms with Crippen LogP contribution in [0.2, 0.25) is 0 Å². The van der Waals surface area contributed by atoms with E-state index in [1.54, 1.807) is 24.3 Å². The molecule has 19 heavy (non-hydrogen) atoms. The summed E-state index contributed by atoms with van der Waals surface area (Å²) in [6, 6.07) is 8.44. The zero-order valence-corrected chi connectivity index (χ0v) is 10.9. The molecule has 8 heteroatoms. The number of aromatic amines is 1. The number of anilines is 2. The molecule has 0 bridgehead atoms. The van der Waals surface area contributed by atoms with Crippen LogP contribution in [0, 0.1) is 0 Å². The molecule has 0 saturated heterocycles. The minimum absolute atomic E-state index is 0.0116. The molecule has 1 aromatic heterocycles. The zero-order chi connectivity index (χ0) is 13.7. The van der Waals surface area contributed by atoms with Gasteiger partial charge >= 0.3 is 0 Å². The van der Waals surface area contributed by atoms with E-state index < -0.39 is 10.0 Å². The number of nitrogens with two attached hydrogens (primary N) is 1. The number of hydrogen-bond acceptors (Lipinski definition) is 5. The highest BCUT2D eigenvalue weighted by Crippen LogP contribution is 2.19. The molecule has 102 valence electrons. The number of nitrogen functional groups attached to an aromatic ring is 1. The zero-order valence-electron chi connectivity index (χ0n) is 10.0. The second-order valence-corrected chi connectivity index (χ2v) is 5.62. The minimum Gasteiger partial charge on any atom is -0.490 e. The summed E-state index contributed by atoms with van der Waals surface area (Å²) in [5.74, 6) is 0.610. The van der Waals surface area contributed by atoms with Crippen LogP contribution in [0.4, 0.5) is 11.5 Å². The monoisotopic (exact) mass is 282 g/mol. The fraction of sp³-hybridized carbons (Fsp3) is 0.182. The lowest BCUT2D eigenvalue weighted by Crippen LogP contribution is -2.21. The number of nitrogens with one attached hydrogen (secondary N) is 2. The second-order valence-electron chi connectivity index (χ2n) is 3.78. The molecule has 0 aliphatic carbocycles. The van der Waals surface area contributed by atoms with Gasteiger partial charge in [0.2, 0.25) is 10.0 Å². The molecule has 0 radical (unpaired) electrons. The molecule has 0 fully saturated rings. The quantitative estimate of drug-likeness (QED) is 0.679. The molecule has 0 atom stereocenters. The van der Waals surface area contributed by atoms with Crippen LogP contribution in [0.5, 0.6) is 5.75 Å². The van der Waals surface area contributed by atoms with E-state index in [0.29, 0.717) is 17.3 Å². The van der Waals surface area contributed by atoms with E-state index in [4.69, 9.17) is 10.5 Å². The van der Waals surface area contributed by atoms with Gasteiger partial charge < -0.3 is 10.5 Å². The van der Waals surface area contributed by atoms with Crippen molar-refractivity contribution in [3.05, 3.63) is 36.5 Å². The maximum absolute atomic E-state index is 11.7. The van der Waals surface area contributed by atoms with Crippen LogP contribution >= 0.6 is 0 Å². The number of aromatic nitrogens is 2. The van der Waals surface area contributed by atoms with E-state index in [-0.39, 0.29) is 12.4 Å². The highest BCUT2D eigenvalue weighted by Gasteiger charge is 2.11. The number of ether oxygens (including phenoxy) is 1. The van der Waals surface area contributed by atoms with Crippen LogP contribution in [0.1, 0.15) is 0 Å². The molecular formula is C11H14N4O3S. The standard InChI is InChI=1S/C11H14N4O3S/c12-9-3-1-2-4-10(9)18-7-8-19(16,17)15-11-5-6-13-14-11/h1-6H,7-8,12H2,(H2,13,14,15). The van der Waals surface area contributed by atoms with Crippen molar-refractivity contribution < 1.29 is 13.2 Å². The molecule has 1 heterocycles. The molecular weight excluding hydrogens is 268 g/mol. The van der Waals surface area contributed by atoms with E-state index in [1.165, 1.54) is 12.3 Å². The van der Waals surface area contributed by atoms with Gasteiger partial charge in [-0.1, -0.05) is 12.1 Å². The van der Waals surface area contributed by atoms with Crippen LogP contribution in [0.25, 0.3) is 0 Å². The predicted molar refractivity (Wildman–Crippen MR) is 72.3 cm³/mol. The Morgan fingerprint density at radius 1 is 1.32 bits per heavy atom. The van der Waals surface area contributed by atoms with Gasteiger partial charge in [0.15, 0.2) is 0 Å². The van der Waals surface area contributed by atoms with Gasteiger partial charge in [-0.25, -0.2) is 8.42 Å². The van der Waals surface area contributed by atoms with Gasteiger partial charge in [0.25, 0.3) is 0 Å². The largest absolute Gasteiger partial charge is 0.490 e. The van der Waals surface area contributed by atoms with Gasteiger partial charge in [-0.2, -0.15) is 5.10 Å². The molecule has 0 aliphatic rings. The van der Waals surface area contributed by atoms with Crippen molar-refractivity contribution in [2.75, 3.05) is 22.8 Å². The maximum Gasteiger partial charge on any atom is 0.237 e. The van der Waals surface area contributed by atoms with E-state index in [0.717, 1.165) is 0 Å². The summed E-state index contributed by atoms with van der Waals surface area (Å²) >= 11 is 0. The van der Waals surface area contributed by atoms with Gasteiger partial charge in [0.05, 0.1) is 11.9 Å². The van der Waals surface area contributed by atoms with E-state index in [2.05, 4.69) is 14.9 Å². The van der Waals surface area contributed by atoms with E-state index in [1.807, 2.05) is 0 Å². The van der Waals surface area contributed by atoms with Crippen molar-refractivity contribution in [1.82, 2.24) is 10.2 Å². The van der Waals surface area contributed by atoms with E-state index in [9.17, 15) is 8.42 Å². The maximum atomic E-state index is 11.7. The summed E-state index contributed by atoms with van der Waals surface area (Å²) in [7, 11) is -3.47. The van der Waals surface area contributed by atoms with Gasteiger partial charge in [0, 0.05) is 6.07 Å². The molecule has 1 aromatic carbocycles. The molecule has 4 N–H and O–H groups in total. The molecule has 0 aliphatic heterocycles. The number of H-pyrrole nitrogens is 1. The average molecular weight is 282 g/mol. The fourth-order valence-electron chi connectivity index (χ4n) is 1.40. The Morgan fingerprint density at radius 3 is 2.79 bits per heavy atom. The average Bonchev–Trinajstić information content (AvgIpc) is 2.83. The normalized spacial score (nSPS) is 11.2. The van der Waals surface area contributed by atoms with Crippen molar-refractivity contribution >= 4 is 21.5 Å². The van der Waals surface area contributed by atoms with Crippen molar-refractivity contribution in [2.24, 2.45) is 0 Å². The number of hydrogen-bond donors (Lipinski definition) is 3. The molecule has 0 saturated carbocycles. The lowest BCUT2D eigenvalue weighted by molar-refractivity contribution is 0.343. The first-order valence-electron chi connectivity index (χ1n) is 5.54. The molecule has 2 aromatic rings. The van der Waals surface area contributed by atoms with Crippen LogP contribution in [-0.4, -0.2) is 31.0 Å². The highest BCUT2D eigenvalue weighted by molar-refractivity contribution is 7.92. The van der Waals surface area contributed by atoms with Crippen LogP contribution in [0.3, 0.4) is 0 Å². The van der Waals surface area contributed by atoms with Crippen LogP contribution < -0.4 is 15.2 Å². The SMILES string of the molecule is Nc1ccccc1OCCS(=O)(=O)Nc1ccn[nH]1. The highest BCUT2D eigenvalue weighted by atomic mass is 32.2. The van der Waals surface area contributed by atoms with Gasteiger partial charge in [-0.3, -0.25) is 9.82 Å². The van der Waals surface area contributed by atoms with Crippen molar-refractivity contribution in [2.45, 2.75) is 0 Å². The van der Waals surface area contributed by atoms with Crippen LogP contribution in [0.15, 0.2) is 36.5 Å². The van der Waals surface area contributed by atoms with Crippen LogP contribution in [-0.2, 0) is 10.0 Å². The van der Waals surface area contributed by atoms with Gasteiger partial charge in [-0.05, 0) is 12.1 Å². The number of sulfonamides is 1. The van der Waals surface area contributed by atoms with Gasteiger partial charge in [0.1, 0.15) is 23.9 Å². The first-order chi connectivity index (χ1) is 9.07. The third-order valence-corrected chi connectivity index (χ3v) is 3.53. The number of benzene rings is 1. The topological polar surface area (TPSA) is 110 Å². The Hall–Kier alpha value is -2.22. The summed E-state index contributed by atoms with van der Waals surface area (Å²) in [4.78, 5) is 0. The number of nitrogens with zero attached hydrogens (tertiary/aromatic N) is 1. The Bertz CT molecular complexity index is 625. The van der Waals surface area contributed by atoms with Crippen molar-refractivity contribution in [3.8, 4) is 5.75 Å². The Kier molecular flexibility index (Phi) is 3.91. The summed E-state index contributed by atoms with van der Waals surface area (Å²) in [6.07, 6.45) is 1.46.